The number of H-pyrrole nitrogens is 1. The molecule has 3 aromatic rings. The van der Waals surface area contributed by atoms with E-state index in [1.807, 2.05) is 19.1 Å². The average Bonchev–Trinajstić information content (AvgIpc) is 3.17. The van der Waals surface area contributed by atoms with Crippen molar-refractivity contribution in [2.75, 3.05) is 5.75 Å². The Kier molecular flexibility index (Phi) is 6.52. The molecular weight excluding hydrogens is 368 g/mol. The molecule has 1 aromatic heterocycles. The summed E-state index contributed by atoms with van der Waals surface area (Å²) >= 11 is 1.33. The van der Waals surface area contributed by atoms with E-state index in [4.69, 9.17) is 0 Å². The molecule has 0 aliphatic carbocycles. The Labute approximate surface area is 170 Å². The number of aryl methyl sites for hydroxylation is 3. The van der Waals surface area contributed by atoms with Crippen LogP contribution in [0.1, 0.15) is 42.1 Å². The van der Waals surface area contributed by atoms with Crippen LogP contribution in [0, 0.1) is 13.8 Å². The first kappa shape index (κ1) is 20.1. The molecule has 0 spiro atoms. The van der Waals surface area contributed by atoms with Crippen molar-refractivity contribution < 1.29 is 4.79 Å². The second-order valence-electron chi connectivity index (χ2n) is 6.94. The molecule has 0 bridgehead atoms. The van der Waals surface area contributed by atoms with Crippen LogP contribution in [0.2, 0.25) is 0 Å². The minimum Gasteiger partial charge on any atom is -0.349 e. The van der Waals surface area contributed by atoms with Gasteiger partial charge in [-0.15, -0.1) is 5.10 Å². The largest absolute Gasteiger partial charge is 0.349 e. The van der Waals surface area contributed by atoms with Crippen molar-refractivity contribution in [3.8, 4) is 11.4 Å². The topological polar surface area (TPSA) is 70.7 Å². The number of aromatic nitrogens is 3. The van der Waals surface area contributed by atoms with Crippen LogP contribution in [0.4, 0.5) is 0 Å². The van der Waals surface area contributed by atoms with Gasteiger partial charge in [-0.05, 0) is 49.4 Å². The second kappa shape index (κ2) is 9.06. The van der Waals surface area contributed by atoms with Crippen molar-refractivity contribution in [3.05, 3.63) is 64.7 Å². The van der Waals surface area contributed by atoms with Crippen molar-refractivity contribution in [2.45, 2.75) is 45.3 Å². The van der Waals surface area contributed by atoms with E-state index >= 15 is 0 Å². The molecule has 0 saturated carbocycles. The quantitative estimate of drug-likeness (QED) is 0.574. The molecule has 5 nitrogen and oxygen atoms in total. The molecule has 0 unspecified atom stereocenters. The Hall–Kier alpha value is -2.60. The molecule has 3 rings (SSSR count). The number of nitrogens with one attached hydrogen (secondary N) is 2. The SMILES string of the molecule is CCc1ccc(-c2nc(SCC(=O)N[C@@H](C)c3ccc(C)c(C)c3)n[nH]2)cc1. The summed E-state index contributed by atoms with van der Waals surface area (Å²) in [5, 5.41) is 10.8. The number of hydrogen-bond donors (Lipinski definition) is 2. The Morgan fingerprint density at radius 1 is 1.14 bits per heavy atom. The normalized spacial score (nSPS) is 12.0. The number of rotatable bonds is 7. The van der Waals surface area contributed by atoms with Crippen LogP contribution in [-0.4, -0.2) is 26.8 Å². The standard InChI is InChI=1S/C22H26N4OS/c1-5-17-7-10-18(11-8-17)21-24-22(26-25-21)28-13-20(27)23-16(4)19-9-6-14(2)15(3)12-19/h6-12,16H,5,13H2,1-4H3,(H,23,27)(H,24,25,26)/t16-/m0/s1. The summed E-state index contributed by atoms with van der Waals surface area (Å²) in [7, 11) is 0. The van der Waals surface area contributed by atoms with E-state index in [2.05, 4.69) is 71.6 Å². The number of carbonyl (C=O) groups excluding carboxylic acids is 1. The van der Waals surface area contributed by atoms with Crippen LogP contribution in [0.3, 0.4) is 0 Å². The molecule has 0 radical (unpaired) electrons. The molecule has 0 saturated heterocycles. The molecular formula is C22H26N4OS. The van der Waals surface area contributed by atoms with Crippen molar-refractivity contribution in [3.63, 3.8) is 0 Å². The summed E-state index contributed by atoms with van der Waals surface area (Å²) in [6.07, 6.45) is 1.01. The summed E-state index contributed by atoms with van der Waals surface area (Å²) < 4.78 is 0. The van der Waals surface area contributed by atoms with Gasteiger partial charge in [0.25, 0.3) is 0 Å². The number of hydrogen-bond acceptors (Lipinski definition) is 4. The van der Waals surface area contributed by atoms with Crippen molar-refractivity contribution >= 4 is 17.7 Å². The predicted octanol–water partition coefficient (Wildman–Crippen LogP) is 4.62. The van der Waals surface area contributed by atoms with E-state index in [1.54, 1.807) is 0 Å². The number of aromatic amines is 1. The lowest BCUT2D eigenvalue weighted by atomic mass is 10.0. The van der Waals surface area contributed by atoms with E-state index in [0.29, 0.717) is 11.0 Å². The number of carbonyl (C=O) groups is 1. The highest BCUT2D eigenvalue weighted by atomic mass is 32.2. The fraction of sp³-hybridized carbons (Fsp3) is 0.318. The van der Waals surface area contributed by atoms with Gasteiger partial charge in [-0.2, -0.15) is 0 Å². The molecule has 6 heteroatoms. The smallest absolute Gasteiger partial charge is 0.230 e. The van der Waals surface area contributed by atoms with Gasteiger partial charge in [0.2, 0.25) is 11.1 Å². The lowest BCUT2D eigenvalue weighted by Crippen LogP contribution is -2.28. The van der Waals surface area contributed by atoms with E-state index in [-0.39, 0.29) is 17.7 Å². The minimum absolute atomic E-state index is 0.0330. The summed E-state index contributed by atoms with van der Waals surface area (Å²) in [4.78, 5) is 16.8. The van der Waals surface area contributed by atoms with Crippen molar-refractivity contribution in [1.82, 2.24) is 20.5 Å². The fourth-order valence-corrected chi connectivity index (χ4v) is 3.48. The molecule has 1 atom stereocenters. The summed E-state index contributed by atoms with van der Waals surface area (Å²) in [5.74, 6) is 0.963. The molecule has 28 heavy (non-hydrogen) atoms. The highest BCUT2D eigenvalue weighted by Gasteiger charge is 2.13. The zero-order chi connectivity index (χ0) is 20.1. The zero-order valence-corrected chi connectivity index (χ0v) is 17.6. The molecule has 2 aromatic carbocycles. The summed E-state index contributed by atoms with van der Waals surface area (Å²) in [5.41, 5.74) is 5.87. The van der Waals surface area contributed by atoms with Crippen LogP contribution < -0.4 is 5.32 Å². The van der Waals surface area contributed by atoms with Crippen LogP contribution in [0.5, 0.6) is 0 Å². The molecule has 0 aliphatic rings. The minimum atomic E-state index is -0.0350. The summed E-state index contributed by atoms with van der Waals surface area (Å²) in [6, 6.07) is 14.5. The predicted molar refractivity (Wildman–Crippen MR) is 114 cm³/mol. The van der Waals surface area contributed by atoms with Crippen LogP contribution in [-0.2, 0) is 11.2 Å². The summed E-state index contributed by atoms with van der Waals surface area (Å²) in [6.45, 7) is 8.30. The van der Waals surface area contributed by atoms with Crippen molar-refractivity contribution in [2.24, 2.45) is 0 Å². The molecule has 0 fully saturated rings. The third-order valence-corrected chi connectivity index (χ3v) is 5.69. The van der Waals surface area contributed by atoms with Crippen LogP contribution >= 0.6 is 11.8 Å². The maximum absolute atomic E-state index is 12.3. The Bertz CT molecular complexity index is 949. The molecule has 0 aliphatic heterocycles. The maximum Gasteiger partial charge on any atom is 0.230 e. The lowest BCUT2D eigenvalue weighted by Gasteiger charge is -2.15. The highest BCUT2D eigenvalue weighted by Crippen LogP contribution is 2.21. The zero-order valence-electron chi connectivity index (χ0n) is 16.7. The van der Waals surface area contributed by atoms with E-state index in [9.17, 15) is 4.79 Å². The van der Waals surface area contributed by atoms with Gasteiger partial charge < -0.3 is 5.32 Å². The first-order chi connectivity index (χ1) is 13.5. The van der Waals surface area contributed by atoms with Gasteiger partial charge in [0, 0.05) is 5.56 Å². The van der Waals surface area contributed by atoms with Crippen LogP contribution in [0.15, 0.2) is 47.6 Å². The van der Waals surface area contributed by atoms with E-state index in [0.717, 1.165) is 17.5 Å². The number of thioether (sulfide) groups is 1. The number of nitrogens with zero attached hydrogens (tertiary/aromatic N) is 2. The molecule has 1 heterocycles. The first-order valence-corrected chi connectivity index (χ1v) is 10.5. The van der Waals surface area contributed by atoms with Gasteiger partial charge in [-0.25, -0.2) is 4.98 Å². The maximum atomic E-state index is 12.3. The van der Waals surface area contributed by atoms with Gasteiger partial charge in [-0.1, -0.05) is 61.2 Å². The molecule has 2 N–H and O–H groups in total. The lowest BCUT2D eigenvalue weighted by molar-refractivity contribution is -0.119. The highest BCUT2D eigenvalue weighted by molar-refractivity contribution is 7.99. The van der Waals surface area contributed by atoms with E-state index < -0.39 is 0 Å². The molecule has 146 valence electrons. The molecule has 1 amide bonds. The average molecular weight is 395 g/mol. The second-order valence-corrected chi connectivity index (χ2v) is 7.88. The van der Waals surface area contributed by atoms with E-state index in [1.165, 1.54) is 28.5 Å². The Morgan fingerprint density at radius 3 is 2.57 bits per heavy atom. The fourth-order valence-electron chi connectivity index (χ4n) is 2.87. The Balaban J connectivity index is 1.54. The van der Waals surface area contributed by atoms with Gasteiger partial charge >= 0.3 is 0 Å². The van der Waals surface area contributed by atoms with Gasteiger partial charge in [0.1, 0.15) is 0 Å². The van der Waals surface area contributed by atoms with Gasteiger partial charge in [0.05, 0.1) is 11.8 Å². The van der Waals surface area contributed by atoms with Crippen LogP contribution in [0.25, 0.3) is 11.4 Å². The van der Waals surface area contributed by atoms with Gasteiger partial charge in [0.15, 0.2) is 5.82 Å². The monoisotopic (exact) mass is 394 g/mol. The number of amides is 1. The van der Waals surface area contributed by atoms with Crippen molar-refractivity contribution in [1.29, 1.82) is 0 Å². The Morgan fingerprint density at radius 2 is 1.89 bits per heavy atom. The third-order valence-electron chi connectivity index (χ3n) is 4.84. The number of benzene rings is 2. The first-order valence-electron chi connectivity index (χ1n) is 9.47. The third kappa shape index (κ3) is 5.01. The van der Waals surface area contributed by atoms with Gasteiger partial charge in [-0.3, -0.25) is 9.89 Å².